The molecule has 2 aliphatic heterocycles. The minimum absolute atomic E-state index is 0.0313. The van der Waals surface area contributed by atoms with Crippen LogP contribution in [-0.2, 0) is 0 Å². The Morgan fingerprint density at radius 1 is 0.889 bits per heavy atom. The molecular formula is C14H24N4. The number of nitrogens with zero attached hydrogens (tertiary/aromatic N) is 2. The SMILES string of the molecule is CC1CNC2(C)CC3=NC(C)CNC3(C)CC2=N1. The molecule has 4 unspecified atom stereocenters. The van der Waals surface area contributed by atoms with E-state index in [1.807, 2.05) is 0 Å². The van der Waals surface area contributed by atoms with Gasteiger partial charge in [-0.3, -0.25) is 9.98 Å². The van der Waals surface area contributed by atoms with Gasteiger partial charge in [0, 0.05) is 37.4 Å². The second kappa shape index (κ2) is 3.87. The van der Waals surface area contributed by atoms with Gasteiger partial charge in [-0.05, 0) is 27.7 Å². The van der Waals surface area contributed by atoms with Crippen LogP contribution in [0.3, 0.4) is 0 Å². The van der Waals surface area contributed by atoms with Crippen LogP contribution in [0.25, 0.3) is 0 Å². The molecule has 3 aliphatic rings. The van der Waals surface area contributed by atoms with Crippen LogP contribution in [0.15, 0.2) is 9.98 Å². The van der Waals surface area contributed by atoms with Crippen LogP contribution in [0.1, 0.15) is 40.5 Å². The number of rotatable bonds is 0. The molecule has 0 spiro atoms. The lowest BCUT2D eigenvalue weighted by Crippen LogP contribution is -2.68. The Morgan fingerprint density at radius 2 is 1.28 bits per heavy atom. The Morgan fingerprint density at radius 3 is 1.67 bits per heavy atom. The first-order chi connectivity index (χ1) is 8.41. The van der Waals surface area contributed by atoms with E-state index in [1.165, 1.54) is 11.4 Å². The molecule has 0 amide bonds. The number of fused-ring (bicyclic) bond motifs is 2. The average molecular weight is 248 g/mol. The summed E-state index contributed by atoms with van der Waals surface area (Å²) in [5.41, 5.74) is 2.71. The quantitative estimate of drug-likeness (QED) is 0.676. The molecule has 1 fully saturated rings. The molecule has 1 saturated carbocycles. The molecule has 0 radical (unpaired) electrons. The molecule has 0 bridgehead atoms. The highest BCUT2D eigenvalue weighted by Gasteiger charge is 2.48. The third-order valence-electron chi connectivity index (χ3n) is 4.64. The van der Waals surface area contributed by atoms with Gasteiger partial charge in [0.25, 0.3) is 0 Å². The molecule has 0 saturated heterocycles. The van der Waals surface area contributed by atoms with Gasteiger partial charge >= 0.3 is 0 Å². The summed E-state index contributed by atoms with van der Waals surface area (Å²) in [6.45, 7) is 10.9. The monoisotopic (exact) mass is 248 g/mol. The van der Waals surface area contributed by atoms with Crippen molar-refractivity contribution in [1.82, 2.24) is 10.6 Å². The first-order valence-electron chi connectivity index (χ1n) is 7.06. The van der Waals surface area contributed by atoms with Gasteiger partial charge in [0.1, 0.15) is 0 Å². The van der Waals surface area contributed by atoms with Crippen LogP contribution >= 0.6 is 0 Å². The highest BCUT2D eigenvalue weighted by Crippen LogP contribution is 2.34. The topological polar surface area (TPSA) is 48.8 Å². The van der Waals surface area contributed by atoms with Crippen molar-refractivity contribution in [3.05, 3.63) is 0 Å². The fourth-order valence-electron chi connectivity index (χ4n) is 3.34. The van der Waals surface area contributed by atoms with E-state index in [0.29, 0.717) is 12.1 Å². The minimum atomic E-state index is 0.0313. The maximum Gasteiger partial charge on any atom is 0.0596 e. The summed E-state index contributed by atoms with van der Waals surface area (Å²) in [7, 11) is 0. The second-order valence-corrected chi connectivity index (χ2v) is 6.63. The van der Waals surface area contributed by atoms with Crippen molar-refractivity contribution in [2.24, 2.45) is 9.98 Å². The van der Waals surface area contributed by atoms with Crippen molar-refractivity contribution in [3.8, 4) is 0 Å². The summed E-state index contributed by atoms with van der Waals surface area (Å²) >= 11 is 0. The van der Waals surface area contributed by atoms with Crippen LogP contribution in [-0.4, -0.2) is 47.7 Å². The van der Waals surface area contributed by atoms with Gasteiger partial charge in [0.15, 0.2) is 0 Å². The predicted octanol–water partition coefficient (Wildman–Crippen LogP) is 1.16. The smallest absolute Gasteiger partial charge is 0.0596 e. The van der Waals surface area contributed by atoms with Crippen molar-refractivity contribution >= 4 is 11.4 Å². The predicted molar refractivity (Wildman–Crippen MR) is 75.8 cm³/mol. The summed E-state index contributed by atoms with van der Waals surface area (Å²) < 4.78 is 0. The van der Waals surface area contributed by atoms with Gasteiger partial charge in [-0.25, -0.2) is 0 Å². The molecule has 0 aromatic rings. The fraction of sp³-hybridized carbons (Fsp3) is 0.857. The minimum Gasteiger partial charge on any atom is -0.304 e. The van der Waals surface area contributed by atoms with Crippen LogP contribution < -0.4 is 10.6 Å². The van der Waals surface area contributed by atoms with Crippen molar-refractivity contribution < 1.29 is 0 Å². The molecular weight excluding hydrogens is 224 g/mol. The van der Waals surface area contributed by atoms with Crippen LogP contribution in [0.4, 0.5) is 0 Å². The molecule has 100 valence electrons. The molecule has 18 heavy (non-hydrogen) atoms. The Labute approximate surface area is 109 Å². The molecule has 3 rings (SSSR count). The first kappa shape index (κ1) is 12.3. The van der Waals surface area contributed by atoms with E-state index >= 15 is 0 Å². The zero-order valence-electron chi connectivity index (χ0n) is 11.9. The lowest BCUT2D eigenvalue weighted by Gasteiger charge is -2.50. The van der Waals surface area contributed by atoms with E-state index in [2.05, 4.69) is 38.3 Å². The first-order valence-corrected chi connectivity index (χ1v) is 7.06. The van der Waals surface area contributed by atoms with Gasteiger partial charge in [-0.2, -0.15) is 0 Å². The fourth-order valence-corrected chi connectivity index (χ4v) is 3.34. The van der Waals surface area contributed by atoms with E-state index in [4.69, 9.17) is 9.98 Å². The van der Waals surface area contributed by atoms with Gasteiger partial charge in [-0.15, -0.1) is 0 Å². The van der Waals surface area contributed by atoms with Crippen LogP contribution in [0.5, 0.6) is 0 Å². The van der Waals surface area contributed by atoms with E-state index < -0.39 is 0 Å². The summed E-state index contributed by atoms with van der Waals surface area (Å²) in [6.07, 6.45) is 1.98. The number of hydrogen-bond donors (Lipinski definition) is 2. The van der Waals surface area contributed by atoms with E-state index in [9.17, 15) is 0 Å². The third kappa shape index (κ3) is 1.82. The summed E-state index contributed by atoms with van der Waals surface area (Å²) in [5, 5.41) is 7.35. The van der Waals surface area contributed by atoms with Crippen LogP contribution in [0, 0.1) is 0 Å². The lowest BCUT2D eigenvalue weighted by atomic mass is 9.69. The highest BCUT2D eigenvalue weighted by atomic mass is 15.1. The van der Waals surface area contributed by atoms with Gasteiger partial charge in [-0.1, -0.05) is 0 Å². The summed E-state index contributed by atoms with van der Waals surface area (Å²) in [4.78, 5) is 9.78. The molecule has 4 nitrogen and oxygen atoms in total. The maximum absolute atomic E-state index is 4.89. The van der Waals surface area contributed by atoms with E-state index in [-0.39, 0.29) is 11.1 Å². The Bertz CT molecular complexity index is 388. The van der Waals surface area contributed by atoms with Crippen molar-refractivity contribution in [1.29, 1.82) is 0 Å². The normalized spacial score (nSPS) is 47.8. The van der Waals surface area contributed by atoms with Crippen molar-refractivity contribution in [3.63, 3.8) is 0 Å². The Kier molecular flexibility index (Phi) is 2.65. The highest BCUT2D eigenvalue weighted by molar-refractivity contribution is 6.10. The van der Waals surface area contributed by atoms with Gasteiger partial charge in [0.05, 0.1) is 23.2 Å². The number of nitrogens with one attached hydrogen (secondary N) is 2. The lowest BCUT2D eigenvalue weighted by molar-refractivity contribution is 0.349. The maximum atomic E-state index is 4.89. The molecule has 2 heterocycles. The summed E-state index contributed by atoms with van der Waals surface area (Å²) in [6, 6.07) is 0.801. The third-order valence-corrected chi connectivity index (χ3v) is 4.64. The van der Waals surface area contributed by atoms with Crippen molar-refractivity contribution in [2.45, 2.75) is 63.7 Å². The Balaban J connectivity index is 1.98. The average Bonchev–Trinajstić information content (AvgIpc) is 2.29. The summed E-state index contributed by atoms with van der Waals surface area (Å²) in [5.74, 6) is 0. The number of hydrogen-bond acceptors (Lipinski definition) is 4. The molecule has 0 aromatic heterocycles. The molecule has 2 N–H and O–H groups in total. The molecule has 4 heteroatoms. The van der Waals surface area contributed by atoms with E-state index in [1.54, 1.807) is 0 Å². The van der Waals surface area contributed by atoms with Gasteiger partial charge in [0.2, 0.25) is 0 Å². The molecule has 0 aromatic carbocycles. The largest absolute Gasteiger partial charge is 0.304 e. The Hall–Kier alpha value is -0.740. The van der Waals surface area contributed by atoms with Crippen molar-refractivity contribution in [2.75, 3.05) is 13.1 Å². The number of aliphatic imine (C=N–C) groups is 2. The zero-order valence-corrected chi connectivity index (χ0v) is 11.9. The molecule has 4 atom stereocenters. The second-order valence-electron chi connectivity index (χ2n) is 6.63. The standard InChI is InChI=1S/C14H24N4/c1-9-7-15-13(3)6-12-14(4,5-11(13)17-9)16-8-10(2)18-12/h9-10,15-16H,5-8H2,1-4H3. The van der Waals surface area contributed by atoms with Gasteiger partial charge < -0.3 is 10.6 Å². The van der Waals surface area contributed by atoms with Crippen LogP contribution in [0.2, 0.25) is 0 Å². The zero-order chi connectivity index (χ0) is 13.0. The molecule has 1 aliphatic carbocycles. The van der Waals surface area contributed by atoms with E-state index in [0.717, 1.165) is 25.9 Å².